The van der Waals surface area contributed by atoms with Crippen LogP contribution >= 0.6 is 23.2 Å². The van der Waals surface area contributed by atoms with Gasteiger partial charge in [0.25, 0.3) is 0 Å². The second-order valence-corrected chi connectivity index (χ2v) is 2.50. The van der Waals surface area contributed by atoms with Crippen LogP contribution in [0, 0.1) is 15.5 Å². The van der Waals surface area contributed by atoms with Crippen molar-refractivity contribution in [1.82, 2.24) is 0 Å². The first-order chi connectivity index (χ1) is 3.89. The van der Waals surface area contributed by atoms with Crippen LogP contribution < -0.4 is 5.73 Å². The third-order valence-corrected chi connectivity index (χ3v) is 1.24. The van der Waals surface area contributed by atoms with E-state index in [9.17, 15) is 10.1 Å². The highest BCUT2D eigenvalue weighted by molar-refractivity contribution is 6.56. The Morgan fingerprint density at radius 1 is 1.78 bits per heavy atom. The SMILES string of the molecule is N=C(N)C(Cl)(Cl)[N+](=O)[O-]. The number of halogens is 2. The summed E-state index contributed by atoms with van der Waals surface area (Å²) in [5.41, 5.74) is 4.65. The summed E-state index contributed by atoms with van der Waals surface area (Å²) in [6.45, 7) is 0. The number of hydrogen-bond donors (Lipinski definition) is 2. The van der Waals surface area contributed by atoms with Crippen LogP contribution in [0.15, 0.2) is 0 Å². The summed E-state index contributed by atoms with van der Waals surface area (Å²) in [4.78, 5) is 8.73. The molecule has 0 fully saturated rings. The largest absolute Gasteiger partial charge is 0.427 e. The van der Waals surface area contributed by atoms with E-state index in [0.717, 1.165) is 0 Å². The van der Waals surface area contributed by atoms with E-state index in [4.69, 9.17) is 28.6 Å². The molecule has 0 amide bonds. The fourth-order valence-corrected chi connectivity index (χ4v) is 0.0983. The number of nitrogens with two attached hydrogens (primary N) is 1. The van der Waals surface area contributed by atoms with Crippen molar-refractivity contribution < 1.29 is 4.92 Å². The highest BCUT2D eigenvalue weighted by Gasteiger charge is 2.42. The number of amidine groups is 1. The molecule has 7 heteroatoms. The summed E-state index contributed by atoms with van der Waals surface area (Å²) in [6.07, 6.45) is 0. The maximum atomic E-state index is 9.78. The molecule has 0 saturated carbocycles. The Morgan fingerprint density at radius 2 is 2.11 bits per heavy atom. The van der Waals surface area contributed by atoms with Crippen molar-refractivity contribution in [2.24, 2.45) is 5.73 Å². The summed E-state index contributed by atoms with van der Waals surface area (Å²) < 4.78 is -2.47. The van der Waals surface area contributed by atoms with Gasteiger partial charge in [-0.1, -0.05) is 0 Å². The number of nitrogens with one attached hydrogen (secondary N) is 1. The predicted molar refractivity (Wildman–Crippen MR) is 33.3 cm³/mol. The highest BCUT2D eigenvalue weighted by atomic mass is 35.5. The zero-order valence-electron chi connectivity index (χ0n) is 4.10. The first-order valence-corrected chi connectivity index (χ1v) is 2.51. The van der Waals surface area contributed by atoms with Crippen LogP contribution in [0.2, 0.25) is 0 Å². The number of hydrogen-bond acceptors (Lipinski definition) is 3. The van der Waals surface area contributed by atoms with Gasteiger partial charge in [-0.15, -0.1) is 0 Å². The molecule has 5 nitrogen and oxygen atoms in total. The summed E-state index contributed by atoms with van der Waals surface area (Å²) >= 11 is 9.85. The van der Waals surface area contributed by atoms with E-state index in [-0.39, 0.29) is 0 Å². The fraction of sp³-hybridized carbons (Fsp3) is 0.500. The first-order valence-electron chi connectivity index (χ1n) is 1.76. The molecule has 0 spiro atoms. The number of nitrogens with zero attached hydrogens (tertiary/aromatic N) is 1. The molecule has 0 atom stereocenters. The molecular weight excluding hydrogens is 169 g/mol. The van der Waals surface area contributed by atoms with Crippen molar-refractivity contribution in [2.75, 3.05) is 0 Å². The van der Waals surface area contributed by atoms with E-state index in [1.54, 1.807) is 0 Å². The monoisotopic (exact) mass is 171 g/mol. The molecule has 0 bridgehead atoms. The summed E-state index contributed by atoms with van der Waals surface area (Å²) in [7, 11) is 0. The Kier molecular flexibility index (Phi) is 2.22. The quantitative estimate of drug-likeness (QED) is 0.157. The molecule has 0 unspecified atom stereocenters. The second-order valence-electron chi connectivity index (χ2n) is 1.21. The molecule has 0 heterocycles. The Balaban J connectivity index is 4.38. The molecular formula is C2H3Cl2N3O2. The van der Waals surface area contributed by atoms with Gasteiger partial charge in [-0.25, -0.2) is 0 Å². The maximum Gasteiger partial charge on any atom is 0.427 e. The summed E-state index contributed by atoms with van der Waals surface area (Å²) in [6, 6.07) is 0. The van der Waals surface area contributed by atoms with Gasteiger partial charge in [-0.2, -0.15) is 0 Å². The van der Waals surface area contributed by atoms with Crippen LogP contribution in [0.5, 0.6) is 0 Å². The molecule has 3 N–H and O–H groups in total. The Morgan fingerprint density at radius 3 is 2.11 bits per heavy atom. The standard InChI is InChI=1S/C2H3Cl2N3O2/c3-2(4,1(5)6)7(8)9/h(H3,5,6). The van der Waals surface area contributed by atoms with E-state index < -0.39 is 15.2 Å². The van der Waals surface area contributed by atoms with Gasteiger partial charge in [0, 0.05) is 0 Å². The Hall–Kier alpha value is -0.550. The maximum absolute atomic E-state index is 9.78. The summed E-state index contributed by atoms with van der Waals surface area (Å²) in [5.74, 6) is -0.893. The van der Waals surface area contributed by atoms with Crippen LogP contribution in [0.25, 0.3) is 0 Å². The van der Waals surface area contributed by atoms with Crippen LogP contribution in [0.1, 0.15) is 0 Å². The predicted octanol–water partition coefficient (Wildman–Crippen LogP) is 0.330. The van der Waals surface area contributed by atoms with Crippen LogP contribution in [0.4, 0.5) is 0 Å². The minimum Gasteiger partial charge on any atom is -0.379 e. The average molecular weight is 172 g/mol. The van der Waals surface area contributed by atoms with Gasteiger partial charge in [0.2, 0.25) is 5.84 Å². The lowest BCUT2D eigenvalue weighted by Gasteiger charge is -2.05. The topological polar surface area (TPSA) is 93.0 Å². The minimum atomic E-state index is -2.47. The lowest BCUT2D eigenvalue weighted by Crippen LogP contribution is -2.39. The van der Waals surface area contributed by atoms with Gasteiger partial charge >= 0.3 is 4.46 Å². The molecule has 9 heavy (non-hydrogen) atoms. The van der Waals surface area contributed by atoms with E-state index in [1.165, 1.54) is 0 Å². The zero-order chi connectivity index (χ0) is 7.65. The molecule has 0 aromatic heterocycles. The second kappa shape index (κ2) is 2.36. The molecule has 0 aliphatic carbocycles. The molecule has 0 aromatic rings. The van der Waals surface area contributed by atoms with Gasteiger partial charge in [0.15, 0.2) is 0 Å². The number of nitro groups is 1. The van der Waals surface area contributed by atoms with Crippen molar-refractivity contribution in [3.63, 3.8) is 0 Å². The van der Waals surface area contributed by atoms with E-state index in [0.29, 0.717) is 0 Å². The molecule has 0 aliphatic heterocycles. The lowest BCUT2D eigenvalue weighted by atomic mass is 10.6. The Labute approximate surface area is 60.4 Å². The Bertz CT molecular complexity index is 140. The van der Waals surface area contributed by atoms with Crippen LogP contribution in [0.3, 0.4) is 0 Å². The number of rotatable bonds is 2. The van der Waals surface area contributed by atoms with Crippen molar-refractivity contribution >= 4 is 29.0 Å². The third kappa shape index (κ3) is 1.69. The minimum absolute atomic E-state index is 0.893. The lowest BCUT2D eigenvalue weighted by molar-refractivity contribution is -0.496. The van der Waals surface area contributed by atoms with Gasteiger partial charge in [0.1, 0.15) is 0 Å². The zero-order valence-corrected chi connectivity index (χ0v) is 5.61. The molecule has 0 aliphatic rings. The average Bonchev–Trinajstić information content (AvgIpc) is 1.65. The number of alkyl halides is 2. The smallest absolute Gasteiger partial charge is 0.379 e. The molecule has 0 saturated heterocycles. The van der Waals surface area contributed by atoms with E-state index in [1.807, 2.05) is 0 Å². The van der Waals surface area contributed by atoms with Crippen molar-refractivity contribution in [1.29, 1.82) is 5.41 Å². The fourth-order valence-electron chi connectivity index (χ4n) is 0.0983. The highest BCUT2D eigenvalue weighted by Crippen LogP contribution is 2.20. The molecule has 0 rings (SSSR count). The van der Waals surface area contributed by atoms with Crippen molar-refractivity contribution in [2.45, 2.75) is 4.46 Å². The van der Waals surface area contributed by atoms with E-state index >= 15 is 0 Å². The van der Waals surface area contributed by atoms with Crippen LogP contribution in [-0.2, 0) is 0 Å². The van der Waals surface area contributed by atoms with Crippen molar-refractivity contribution in [3.05, 3.63) is 10.1 Å². The molecule has 52 valence electrons. The van der Waals surface area contributed by atoms with Gasteiger partial charge < -0.3 is 5.73 Å². The van der Waals surface area contributed by atoms with E-state index in [2.05, 4.69) is 5.73 Å². The van der Waals surface area contributed by atoms with Gasteiger partial charge in [0.05, 0.1) is 4.92 Å². The van der Waals surface area contributed by atoms with Gasteiger partial charge in [-0.3, -0.25) is 15.5 Å². The van der Waals surface area contributed by atoms with Gasteiger partial charge in [-0.05, 0) is 23.2 Å². The third-order valence-electron chi connectivity index (χ3n) is 0.553. The summed E-state index contributed by atoms with van der Waals surface area (Å²) in [5, 5.41) is 16.3. The normalized spacial score (nSPS) is 10.9. The first kappa shape index (κ1) is 8.45. The van der Waals surface area contributed by atoms with Crippen molar-refractivity contribution in [3.8, 4) is 0 Å². The van der Waals surface area contributed by atoms with Crippen LogP contribution in [-0.4, -0.2) is 15.2 Å². The molecule has 0 radical (unpaired) electrons. The molecule has 0 aromatic carbocycles.